The average molecular weight is 549 g/mol. The van der Waals surface area contributed by atoms with Gasteiger partial charge in [0.1, 0.15) is 18.0 Å². The Balaban J connectivity index is 1.69. The van der Waals surface area contributed by atoms with Crippen molar-refractivity contribution in [2.45, 2.75) is 12.7 Å². The van der Waals surface area contributed by atoms with Gasteiger partial charge in [-0.05, 0) is 44.4 Å². The summed E-state index contributed by atoms with van der Waals surface area (Å²) < 4.78 is 47.0. The first-order chi connectivity index (χ1) is 17.9. The quantitative estimate of drug-likeness (QED) is 0.281. The molecule has 0 aliphatic carbocycles. The highest BCUT2D eigenvalue weighted by molar-refractivity contribution is 6.31. The smallest absolute Gasteiger partial charge is 0.406 e. The molecule has 38 heavy (non-hydrogen) atoms. The number of halogens is 4. The number of ether oxygens (including phenoxy) is 1. The Morgan fingerprint density at radius 2 is 1.84 bits per heavy atom. The fourth-order valence-corrected chi connectivity index (χ4v) is 4.11. The van der Waals surface area contributed by atoms with Crippen molar-refractivity contribution in [2.75, 3.05) is 57.3 Å². The Morgan fingerprint density at radius 1 is 1.08 bits per heavy atom. The number of imidazole rings is 1. The van der Waals surface area contributed by atoms with Crippen LogP contribution in [0.4, 0.5) is 36.2 Å². The molecule has 0 atom stereocenters. The van der Waals surface area contributed by atoms with Crippen molar-refractivity contribution >= 4 is 45.6 Å². The first kappa shape index (κ1) is 27.3. The number of benzene rings is 2. The number of nitrogens with two attached hydrogens (primary N) is 1. The third kappa shape index (κ3) is 6.20. The molecule has 0 radical (unpaired) electrons. The SMILES string of the molecule is COc1cc(N(C)CCN(C)C)c(N)cc1Nc1nccc(-c2nc3ccc(Cl)cc3n2CC(F)(F)F)n1. The van der Waals surface area contributed by atoms with Crippen molar-refractivity contribution in [3.05, 3.63) is 47.6 Å². The number of methoxy groups -OCH3 is 1. The van der Waals surface area contributed by atoms with Gasteiger partial charge in [0.15, 0.2) is 5.82 Å². The van der Waals surface area contributed by atoms with Crippen molar-refractivity contribution in [3.8, 4) is 17.3 Å². The molecule has 0 fully saturated rings. The molecule has 202 valence electrons. The molecule has 3 N–H and O–H groups in total. The van der Waals surface area contributed by atoms with Crippen LogP contribution in [0.15, 0.2) is 42.6 Å². The molecule has 0 saturated heterocycles. The topological polar surface area (TPSA) is 97.4 Å². The van der Waals surface area contributed by atoms with E-state index in [1.807, 2.05) is 32.1 Å². The molecule has 13 heteroatoms. The number of fused-ring (bicyclic) bond motifs is 1. The van der Waals surface area contributed by atoms with Gasteiger partial charge in [0, 0.05) is 37.4 Å². The number of nitrogen functional groups attached to an aromatic ring is 1. The number of nitrogens with zero attached hydrogens (tertiary/aromatic N) is 6. The summed E-state index contributed by atoms with van der Waals surface area (Å²) in [7, 11) is 7.45. The maximum atomic E-state index is 13.5. The van der Waals surface area contributed by atoms with Gasteiger partial charge in [-0.2, -0.15) is 13.2 Å². The van der Waals surface area contributed by atoms with E-state index in [9.17, 15) is 13.2 Å². The van der Waals surface area contributed by atoms with Gasteiger partial charge < -0.3 is 30.2 Å². The van der Waals surface area contributed by atoms with Gasteiger partial charge in [-0.15, -0.1) is 0 Å². The Hall–Kier alpha value is -3.77. The lowest BCUT2D eigenvalue weighted by molar-refractivity contribution is -0.139. The van der Waals surface area contributed by atoms with Crippen molar-refractivity contribution < 1.29 is 17.9 Å². The van der Waals surface area contributed by atoms with Crippen LogP contribution in [0.1, 0.15) is 0 Å². The van der Waals surface area contributed by atoms with Crippen LogP contribution in [0.2, 0.25) is 5.02 Å². The number of hydrogen-bond donors (Lipinski definition) is 2. The number of nitrogens with one attached hydrogen (secondary N) is 1. The molecule has 2 aromatic carbocycles. The highest BCUT2D eigenvalue weighted by Gasteiger charge is 2.31. The molecule has 0 unspecified atom stereocenters. The predicted octanol–water partition coefficient (Wildman–Crippen LogP) is 5.04. The zero-order valence-corrected chi connectivity index (χ0v) is 22.1. The summed E-state index contributed by atoms with van der Waals surface area (Å²) in [6, 6.07) is 9.60. The fourth-order valence-electron chi connectivity index (χ4n) is 3.95. The number of hydrogen-bond acceptors (Lipinski definition) is 8. The summed E-state index contributed by atoms with van der Waals surface area (Å²) in [5.74, 6) is 0.672. The summed E-state index contributed by atoms with van der Waals surface area (Å²) in [4.78, 5) is 17.2. The Bertz CT molecular complexity index is 1440. The zero-order chi connectivity index (χ0) is 27.6. The normalized spacial score (nSPS) is 11.8. The van der Waals surface area contributed by atoms with Gasteiger partial charge >= 0.3 is 6.18 Å². The first-order valence-corrected chi connectivity index (χ1v) is 12.0. The standard InChI is InChI=1S/C25H28ClF3N8O/c1-35(2)9-10-36(3)20-13-22(38-4)19(12-16(20)30)34-24-31-8-7-18(33-24)23-32-17-6-5-15(26)11-21(17)37(23)14-25(27,28)29/h5-8,11-13H,9-10,14,30H2,1-4H3,(H,31,33,34). The van der Waals surface area contributed by atoms with E-state index in [1.165, 1.54) is 25.4 Å². The number of alkyl halides is 3. The summed E-state index contributed by atoms with van der Waals surface area (Å²) in [5, 5.41) is 3.37. The minimum atomic E-state index is -4.48. The molecule has 0 saturated carbocycles. The van der Waals surface area contributed by atoms with Crippen LogP contribution >= 0.6 is 11.6 Å². The van der Waals surface area contributed by atoms with Gasteiger partial charge in [-0.1, -0.05) is 11.6 Å². The van der Waals surface area contributed by atoms with E-state index < -0.39 is 12.7 Å². The van der Waals surface area contributed by atoms with Gasteiger partial charge in [-0.3, -0.25) is 0 Å². The minimum Gasteiger partial charge on any atom is -0.494 e. The number of rotatable bonds is 9. The average Bonchev–Trinajstić information content (AvgIpc) is 3.19. The molecule has 2 aromatic heterocycles. The zero-order valence-electron chi connectivity index (χ0n) is 21.3. The predicted molar refractivity (Wildman–Crippen MR) is 144 cm³/mol. The van der Waals surface area contributed by atoms with E-state index >= 15 is 0 Å². The van der Waals surface area contributed by atoms with Crippen LogP contribution in [0.3, 0.4) is 0 Å². The Kier molecular flexibility index (Phi) is 7.83. The van der Waals surface area contributed by atoms with Crippen LogP contribution in [0.25, 0.3) is 22.6 Å². The van der Waals surface area contributed by atoms with E-state index in [1.54, 1.807) is 18.2 Å². The van der Waals surface area contributed by atoms with Gasteiger partial charge in [0.05, 0.1) is 35.2 Å². The second-order valence-corrected chi connectivity index (χ2v) is 9.43. The lowest BCUT2D eigenvalue weighted by Crippen LogP contribution is -2.29. The van der Waals surface area contributed by atoms with Crippen LogP contribution in [0, 0.1) is 0 Å². The molecule has 0 aliphatic rings. The summed E-state index contributed by atoms with van der Waals surface area (Å²) in [6.45, 7) is 0.339. The van der Waals surface area contributed by atoms with Gasteiger partial charge in [-0.25, -0.2) is 15.0 Å². The molecule has 4 aromatic rings. The molecular formula is C25H28ClF3N8O. The highest BCUT2D eigenvalue weighted by atomic mass is 35.5. The minimum absolute atomic E-state index is 0.0365. The Labute approximate surface area is 223 Å². The monoisotopic (exact) mass is 548 g/mol. The second-order valence-electron chi connectivity index (χ2n) is 9.00. The van der Waals surface area contributed by atoms with Crippen molar-refractivity contribution in [1.29, 1.82) is 0 Å². The van der Waals surface area contributed by atoms with Crippen molar-refractivity contribution in [3.63, 3.8) is 0 Å². The van der Waals surface area contributed by atoms with E-state index in [-0.39, 0.29) is 23.0 Å². The van der Waals surface area contributed by atoms with E-state index in [0.29, 0.717) is 27.7 Å². The number of likely N-dealkylation sites (N-methyl/N-ethyl adjacent to an activating group) is 2. The summed E-state index contributed by atoms with van der Waals surface area (Å²) in [6.07, 6.45) is -3.04. The van der Waals surface area contributed by atoms with Crippen LogP contribution in [-0.4, -0.2) is 71.9 Å². The molecule has 0 aliphatic heterocycles. The van der Waals surface area contributed by atoms with Crippen molar-refractivity contribution in [2.24, 2.45) is 0 Å². The number of anilines is 4. The Morgan fingerprint density at radius 3 is 2.53 bits per heavy atom. The van der Waals surface area contributed by atoms with Crippen molar-refractivity contribution in [1.82, 2.24) is 24.4 Å². The molecule has 0 spiro atoms. The third-order valence-corrected chi connectivity index (χ3v) is 6.06. The largest absolute Gasteiger partial charge is 0.494 e. The lowest BCUT2D eigenvalue weighted by atomic mass is 10.2. The first-order valence-electron chi connectivity index (χ1n) is 11.6. The maximum Gasteiger partial charge on any atom is 0.406 e. The van der Waals surface area contributed by atoms with E-state index in [4.69, 9.17) is 22.1 Å². The second kappa shape index (κ2) is 10.9. The van der Waals surface area contributed by atoms with E-state index in [2.05, 4.69) is 25.2 Å². The highest BCUT2D eigenvalue weighted by Crippen LogP contribution is 2.36. The lowest BCUT2D eigenvalue weighted by Gasteiger charge is -2.24. The molecule has 2 heterocycles. The van der Waals surface area contributed by atoms with Gasteiger partial charge in [0.25, 0.3) is 0 Å². The molecular weight excluding hydrogens is 521 g/mol. The van der Waals surface area contributed by atoms with Crippen LogP contribution < -0.4 is 20.7 Å². The van der Waals surface area contributed by atoms with Crippen LogP contribution in [-0.2, 0) is 6.54 Å². The molecule has 0 amide bonds. The maximum absolute atomic E-state index is 13.5. The molecule has 0 bridgehead atoms. The number of aromatic nitrogens is 4. The van der Waals surface area contributed by atoms with E-state index in [0.717, 1.165) is 23.3 Å². The fraction of sp³-hybridized carbons (Fsp3) is 0.320. The molecule has 9 nitrogen and oxygen atoms in total. The summed E-state index contributed by atoms with van der Waals surface area (Å²) >= 11 is 6.05. The van der Waals surface area contributed by atoms with Gasteiger partial charge in [0.2, 0.25) is 5.95 Å². The third-order valence-electron chi connectivity index (χ3n) is 5.82. The molecule has 4 rings (SSSR count). The summed E-state index contributed by atoms with van der Waals surface area (Å²) in [5.41, 5.74) is 8.96. The van der Waals surface area contributed by atoms with Crippen LogP contribution in [0.5, 0.6) is 5.75 Å².